The van der Waals surface area contributed by atoms with Crippen LogP contribution in [0, 0.1) is 6.92 Å². The van der Waals surface area contributed by atoms with E-state index in [4.69, 9.17) is 5.11 Å². The minimum absolute atomic E-state index is 0.0929. The summed E-state index contributed by atoms with van der Waals surface area (Å²) in [6.45, 7) is 1.84. The molecule has 9 heteroatoms. The van der Waals surface area contributed by atoms with Crippen molar-refractivity contribution in [2.24, 2.45) is 0 Å². The number of pyridine rings is 1. The van der Waals surface area contributed by atoms with Crippen molar-refractivity contribution in [3.05, 3.63) is 29.6 Å². The maximum Gasteiger partial charge on any atom is 0.313 e. The lowest BCUT2D eigenvalue weighted by Gasteiger charge is -2.01. The van der Waals surface area contributed by atoms with Gasteiger partial charge in [-0.25, -0.2) is 0 Å². The van der Waals surface area contributed by atoms with E-state index in [1.807, 2.05) is 6.92 Å². The fraction of sp³-hybridized carbons (Fsp3) is 0.182. The third-order valence-corrected chi connectivity index (χ3v) is 4.04. The molecule has 7 nitrogen and oxygen atoms in total. The average molecular weight is 310 g/mol. The molecule has 0 unspecified atom stereocenters. The summed E-state index contributed by atoms with van der Waals surface area (Å²) in [6, 6.07) is 1.71. The van der Waals surface area contributed by atoms with Crippen LogP contribution in [0.25, 0.3) is 0 Å². The number of thioether (sulfide) groups is 1. The molecule has 104 valence electrons. The number of aliphatic carboxylic acids is 1. The summed E-state index contributed by atoms with van der Waals surface area (Å²) in [5.41, 5.74) is 1.31. The van der Waals surface area contributed by atoms with E-state index in [2.05, 4.69) is 20.5 Å². The first kappa shape index (κ1) is 14.4. The summed E-state index contributed by atoms with van der Waals surface area (Å²) in [5.74, 6) is -1.35. The van der Waals surface area contributed by atoms with E-state index in [9.17, 15) is 9.59 Å². The number of aromatic nitrogens is 3. The number of nitrogens with one attached hydrogen (secondary N) is 1. The topological polar surface area (TPSA) is 105 Å². The van der Waals surface area contributed by atoms with Gasteiger partial charge in [-0.3, -0.25) is 19.9 Å². The van der Waals surface area contributed by atoms with Gasteiger partial charge in [0.2, 0.25) is 5.13 Å². The molecule has 0 radical (unpaired) electrons. The van der Waals surface area contributed by atoms with Crippen LogP contribution in [0.4, 0.5) is 5.13 Å². The van der Waals surface area contributed by atoms with Gasteiger partial charge in [0, 0.05) is 12.4 Å². The Balaban J connectivity index is 1.99. The minimum atomic E-state index is -0.929. The highest BCUT2D eigenvalue weighted by Crippen LogP contribution is 2.25. The monoisotopic (exact) mass is 310 g/mol. The van der Waals surface area contributed by atoms with Gasteiger partial charge in [0.25, 0.3) is 5.91 Å². The first-order valence-corrected chi connectivity index (χ1v) is 7.26. The number of amides is 1. The summed E-state index contributed by atoms with van der Waals surface area (Å²) < 4.78 is 0.491. The highest BCUT2D eigenvalue weighted by atomic mass is 32.2. The Morgan fingerprint density at radius 1 is 1.40 bits per heavy atom. The summed E-state index contributed by atoms with van der Waals surface area (Å²) in [5, 5.41) is 19.1. The van der Waals surface area contributed by atoms with Gasteiger partial charge < -0.3 is 5.11 Å². The smallest absolute Gasteiger partial charge is 0.313 e. The molecule has 2 aromatic heterocycles. The molecule has 0 aliphatic carbocycles. The van der Waals surface area contributed by atoms with Crippen LogP contribution >= 0.6 is 23.1 Å². The van der Waals surface area contributed by atoms with Crippen molar-refractivity contribution in [3.63, 3.8) is 0 Å². The summed E-state index contributed by atoms with van der Waals surface area (Å²) in [7, 11) is 0. The number of aryl methyl sites for hydroxylation is 1. The Hall–Kier alpha value is -2.00. The van der Waals surface area contributed by atoms with E-state index in [1.165, 1.54) is 6.20 Å². The third kappa shape index (κ3) is 4.00. The van der Waals surface area contributed by atoms with E-state index < -0.39 is 5.97 Å². The first-order valence-electron chi connectivity index (χ1n) is 5.45. The van der Waals surface area contributed by atoms with Gasteiger partial charge in [0.1, 0.15) is 0 Å². The van der Waals surface area contributed by atoms with Gasteiger partial charge in [0.15, 0.2) is 4.34 Å². The summed E-state index contributed by atoms with van der Waals surface area (Å²) in [6.07, 6.45) is 3.12. The van der Waals surface area contributed by atoms with Gasteiger partial charge >= 0.3 is 5.97 Å². The molecule has 2 N–H and O–H groups in total. The fourth-order valence-electron chi connectivity index (χ4n) is 1.29. The molecule has 0 saturated heterocycles. The molecule has 20 heavy (non-hydrogen) atoms. The number of carboxylic acid groups (broad SMARTS) is 1. The molecule has 0 fully saturated rings. The predicted molar refractivity (Wildman–Crippen MR) is 75.2 cm³/mol. The molecule has 0 saturated carbocycles. The fourth-order valence-corrected chi connectivity index (χ4v) is 2.76. The molecule has 0 spiro atoms. The van der Waals surface area contributed by atoms with Crippen LogP contribution < -0.4 is 5.32 Å². The number of hydrogen-bond donors (Lipinski definition) is 2. The van der Waals surface area contributed by atoms with Crippen molar-refractivity contribution >= 4 is 40.1 Å². The Labute approximate surface area is 122 Å². The van der Waals surface area contributed by atoms with Crippen molar-refractivity contribution in [1.82, 2.24) is 15.2 Å². The summed E-state index contributed by atoms with van der Waals surface area (Å²) in [4.78, 5) is 26.3. The molecule has 2 heterocycles. The SMILES string of the molecule is Cc1cncc(C(=O)Nc2nnc(SCC(=O)O)s2)c1. The lowest BCUT2D eigenvalue weighted by Crippen LogP contribution is -2.12. The number of rotatable bonds is 5. The van der Waals surface area contributed by atoms with Crippen LogP contribution in [-0.4, -0.2) is 37.9 Å². The molecular formula is C11H10N4O3S2. The maximum atomic E-state index is 11.9. The minimum Gasteiger partial charge on any atom is -0.481 e. The maximum absolute atomic E-state index is 11.9. The first-order chi connectivity index (χ1) is 9.54. The van der Waals surface area contributed by atoms with Crippen molar-refractivity contribution < 1.29 is 14.7 Å². The van der Waals surface area contributed by atoms with E-state index in [1.54, 1.807) is 12.3 Å². The van der Waals surface area contributed by atoms with Crippen LogP contribution in [0.2, 0.25) is 0 Å². The van der Waals surface area contributed by atoms with E-state index in [-0.39, 0.29) is 11.7 Å². The molecule has 0 aromatic carbocycles. The number of hydrogen-bond acceptors (Lipinski definition) is 7. The largest absolute Gasteiger partial charge is 0.481 e. The number of nitrogens with zero attached hydrogens (tertiary/aromatic N) is 3. The Kier molecular flexibility index (Phi) is 4.64. The van der Waals surface area contributed by atoms with Crippen molar-refractivity contribution in [2.75, 3.05) is 11.1 Å². The number of carbonyl (C=O) groups excluding carboxylic acids is 1. The molecule has 2 rings (SSSR count). The van der Waals surface area contributed by atoms with E-state index >= 15 is 0 Å². The average Bonchev–Trinajstić information content (AvgIpc) is 2.84. The van der Waals surface area contributed by atoms with Crippen LogP contribution in [0.3, 0.4) is 0 Å². The molecule has 0 atom stereocenters. The molecule has 0 bridgehead atoms. The quantitative estimate of drug-likeness (QED) is 0.639. The third-order valence-electron chi connectivity index (χ3n) is 2.08. The van der Waals surface area contributed by atoms with Crippen LogP contribution in [0.5, 0.6) is 0 Å². The van der Waals surface area contributed by atoms with Gasteiger partial charge in [-0.2, -0.15) is 0 Å². The van der Waals surface area contributed by atoms with E-state index in [0.29, 0.717) is 15.0 Å². The summed E-state index contributed by atoms with van der Waals surface area (Å²) >= 11 is 2.18. The van der Waals surface area contributed by atoms with Gasteiger partial charge in [-0.1, -0.05) is 23.1 Å². The zero-order valence-electron chi connectivity index (χ0n) is 10.4. The normalized spacial score (nSPS) is 10.2. The second-order valence-electron chi connectivity index (χ2n) is 3.76. The zero-order valence-corrected chi connectivity index (χ0v) is 12.0. The van der Waals surface area contributed by atoms with Crippen molar-refractivity contribution in [2.45, 2.75) is 11.3 Å². The van der Waals surface area contributed by atoms with Gasteiger partial charge in [-0.15, -0.1) is 10.2 Å². The van der Waals surface area contributed by atoms with Crippen LogP contribution in [0.1, 0.15) is 15.9 Å². The Morgan fingerprint density at radius 2 is 2.20 bits per heavy atom. The van der Waals surface area contributed by atoms with Crippen LogP contribution in [0.15, 0.2) is 22.8 Å². The van der Waals surface area contributed by atoms with Crippen molar-refractivity contribution in [3.8, 4) is 0 Å². The second kappa shape index (κ2) is 6.44. The molecule has 0 aliphatic heterocycles. The lowest BCUT2D eigenvalue weighted by molar-refractivity contribution is -0.133. The Bertz CT molecular complexity index is 644. The standard InChI is InChI=1S/C11H10N4O3S2/c1-6-2-7(4-12-3-6)9(18)13-10-14-15-11(20-10)19-5-8(16)17/h2-4H,5H2,1H3,(H,16,17)(H,13,14,18). The number of carbonyl (C=O) groups is 2. The second-order valence-corrected chi connectivity index (χ2v) is 5.96. The molecule has 0 aliphatic rings. The number of carboxylic acids is 1. The van der Waals surface area contributed by atoms with E-state index in [0.717, 1.165) is 28.7 Å². The lowest BCUT2D eigenvalue weighted by atomic mass is 10.2. The number of anilines is 1. The van der Waals surface area contributed by atoms with Crippen LogP contribution in [-0.2, 0) is 4.79 Å². The van der Waals surface area contributed by atoms with Gasteiger partial charge in [-0.05, 0) is 18.6 Å². The Morgan fingerprint density at radius 3 is 2.90 bits per heavy atom. The molecular weight excluding hydrogens is 300 g/mol. The molecule has 2 aromatic rings. The van der Waals surface area contributed by atoms with Crippen molar-refractivity contribution in [1.29, 1.82) is 0 Å². The zero-order chi connectivity index (χ0) is 14.5. The molecule has 1 amide bonds. The predicted octanol–water partition coefficient (Wildman–Crippen LogP) is 1.67. The highest BCUT2D eigenvalue weighted by Gasteiger charge is 2.11. The van der Waals surface area contributed by atoms with Gasteiger partial charge in [0.05, 0.1) is 11.3 Å². The highest BCUT2D eigenvalue weighted by molar-refractivity contribution is 8.01.